The van der Waals surface area contributed by atoms with E-state index in [-0.39, 0.29) is 6.04 Å². The summed E-state index contributed by atoms with van der Waals surface area (Å²) in [6.07, 6.45) is 6.31. The number of allylic oxidation sites excluding steroid dienone is 1. The molecule has 0 amide bonds. The van der Waals surface area contributed by atoms with Crippen molar-refractivity contribution in [2.75, 3.05) is 18.9 Å². The van der Waals surface area contributed by atoms with Gasteiger partial charge >= 0.3 is 0 Å². The van der Waals surface area contributed by atoms with Crippen LogP contribution in [0, 0.1) is 0 Å². The van der Waals surface area contributed by atoms with E-state index in [1.807, 2.05) is 38.6 Å². The quantitative estimate of drug-likeness (QED) is 0.863. The van der Waals surface area contributed by atoms with Crippen LogP contribution in [0.3, 0.4) is 0 Å². The van der Waals surface area contributed by atoms with Gasteiger partial charge < -0.3 is 10.5 Å². The van der Waals surface area contributed by atoms with Crippen LogP contribution in [-0.4, -0.2) is 34.6 Å². The number of nitrogens with two attached hydrogens (primary N) is 1. The zero-order valence-electron chi connectivity index (χ0n) is 11.3. The van der Waals surface area contributed by atoms with Gasteiger partial charge in [0.2, 0.25) is 0 Å². The molecule has 0 aromatic rings. The Labute approximate surface area is 118 Å². The Morgan fingerprint density at radius 1 is 1.50 bits per heavy atom. The fourth-order valence-electron chi connectivity index (χ4n) is 1.59. The zero-order valence-corrected chi connectivity index (χ0v) is 12.9. The molecule has 0 aromatic heterocycles. The van der Waals surface area contributed by atoms with E-state index < -0.39 is 0 Å². The number of fused-ring (bicyclic) bond motifs is 1. The van der Waals surface area contributed by atoms with Crippen molar-refractivity contribution < 1.29 is 4.74 Å². The average Bonchev–Trinajstić information content (AvgIpc) is 2.81. The largest absolute Gasteiger partial charge is 0.494 e. The molecular formula is C13H22N2OS2. The molecule has 0 radical (unpaired) electrons. The number of nitrogens with zero attached hydrogens (tertiary/aromatic N) is 1. The van der Waals surface area contributed by atoms with E-state index >= 15 is 0 Å². The van der Waals surface area contributed by atoms with Gasteiger partial charge in [0.05, 0.1) is 17.9 Å². The summed E-state index contributed by atoms with van der Waals surface area (Å²) in [4.78, 5) is 4.64. The van der Waals surface area contributed by atoms with Gasteiger partial charge in [0, 0.05) is 12.3 Å². The smallest absolute Gasteiger partial charge is 0.125 e. The highest BCUT2D eigenvalue weighted by molar-refractivity contribution is 8.39. The molecular weight excluding hydrogens is 264 g/mol. The van der Waals surface area contributed by atoms with Crippen molar-refractivity contribution in [2.45, 2.75) is 32.1 Å². The standard InChI is InChI=1S/C11H16N2OS2.C2H6/c1-2-14-8-3-4-9-10(7-8)16-11(13-9)15-6-5-12;1-2/h3-4,7,9-10H,2,5-6,12H2,1H3;1-2H3. The van der Waals surface area contributed by atoms with E-state index in [0.717, 1.165) is 15.9 Å². The summed E-state index contributed by atoms with van der Waals surface area (Å²) in [5, 5.41) is 0.409. The average molecular weight is 286 g/mol. The molecule has 1 heterocycles. The number of hydrogen-bond donors (Lipinski definition) is 1. The van der Waals surface area contributed by atoms with Gasteiger partial charge in [0.1, 0.15) is 10.1 Å². The molecule has 0 saturated heterocycles. The lowest BCUT2D eigenvalue weighted by Gasteiger charge is -2.16. The van der Waals surface area contributed by atoms with Gasteiger partial charge in [-0.3, -0.25) is 4.99 Å². The van der Waals surface area contributed by atoms with Gasteiger partial charge in [0.25, 0.3) is 0 Å². The molecule has 1 aliphatic carbocycles. The molecule has 0 saturated carbocycles. The predicted octanol–water partition coefficient (Wildman–Crippen LogP) is 3.03. The summed E-state index contributed by atoms with van der Waals surface area (Å²) in [5.41, 5.74) is 5.48. The third-order valence-electron chi connectivity index (χ3n) is 2.27. The van der Waals surface area contributed by atoms with E-state index in [9.17, 15) is 0 Å². The van der Waals surface area contributed by atoms with Crippen molar-refractivity contribution in [1.29, 1.82) is 0 Å². The lowest BCUT2D eigenvalue weighted by Crippen LogP contribution is -2.16. The summed E-state index contributed by atoms with van der Waals surface area (Å²) in [5.74, 6) is 1.91. The first-order valence-corrected chi connectivity index (χ1v) is 8.30. The monoisotopic (exact) mass is 286 g/mol. The number of ether oxygens (including phenoxy) is 1. The Bertz CT molecular complexity index is 340. The maximum atomic E-state index is 5.49. The fourth-order valence-corrected chi connectivity index (χ4v) is 3.84. The second kappa shape index (κ2) is 8.67. The molecule has 0 fully saturated rings. The molecule has 2 unspecified atom stereocenters. The first-order valence-electron chi connectivity index (χ1n) is 6.43. The summed E-state index contributed by atoms with van der Waals surface area (Å²) in [6.45, 7) is 7.42. The van der Waals surface area contributed by atoms with Crippen LogP contribution in [0.4, 0.5) is 0 Å². The highest BCUT2D eigenvalue weighted by Gasteiger charge is 2.29. The minimum Gasteiger partial charge on any atom is -0.494 e. The third kappa shape index (κ3) is 4.37. The third-order valence-corrected chi connectivity index (χ3v) is 4.70. The van der Waals surface area contributed by atoms with Crippen LogP contribution in [-0.2, 0) is 4.74 Å². The molecule has 0 bridgehead atoms. The Kier molecular flexibility index (Phi) is 7.54. The number of rotatable bonds is 4. The first-order chi connectivity index (χ1) is 8.83. The van der Waals surface area contributed by atoms with Crippen LogP contribution in [0.15, 0.2) is 29.0 Å². The van der Waals surface area contributed by atoms with E-state index in [1.54, 1.807) is 11.8 Å². The number of thioether (sulfide) groups is 2. The van der Waals surface area contributed by atoms with Crippen LogP contribution in [0.25, 0.3) is 0 Å². The molecule has 102 valence electrons. The van der Waals surface area contributed by atoms with Crippen molar-refractivity contribution in [3.63, 3.8) is 0 Å². The van der Waals surface area contributed by atoms with Crippen molar-refractivity contribution in [2.24, 2.45) is 10.7 Å². The SMILES string of the molecule is CC.CCOC1=CC2SC(SCCN)=NC2C=C1. The van der Waals surface area contributed by atoms with Crippen molar-refractivity contribution in [1.82, 2.24) is 0 Å². The highest BCUT2D eigenvalue weighted by Crippen LogP contribution is 2.36. The van der Waals surface area contributed by atoms with Crippen LogP contribution >= 0.6 is 23.5 Å². The molecule has 5 heteroatoms. The number of aliphatic imine (C=N–C) groups is 1. The summed E-state index contributed by atoms with van der Waals surface area (Å²) < 4.78 is 6.64. The van der Waals surface area contributed by atoms with Gasteiger partial charge in [-0.1, -0.05) is 43.4 Å². The number of hydrogen-bond acceptors (Lipinski definition) is 5. The van der Waals surface area contributed by atoms with E-state index in [4.69, 9.17) is 10.5 Å². The van der Waals surface area contributed by atoms with Crippen LogP contribution < -0.4 is 5.73 Å². The zero-order chi connectivity index (χ0) is 13.4. The summed E-state index contributed by atoms with van der Waals surface area (Å²) in [6, 6.07) is 0.287. The predicted molar refractivity (Wildman–Crippen MR) is 84.3 cm³/mol. The second-order valence-corrected chi connectivity index (χ2v) is 5.98. The summed E-state index contributed by atoms with van der Waals surface area (Å²) >= 11 is 3.56. The Morgan fingerprint density at radius 2 is 2.28 bits per heavy atom. The molecule has 2 aliphatic rings. The van der Waals surface area contributed by atoms with Crippen molar-refractivity contribution >= 4 is 27.9 Å². The lowest BCUT2D eigenvalue weighted by atomic mass is 10.1. The molecule has 2 N–H and O–H groups in total. The fraction of sp³-hybridized carbons (Fsp3) is 0.615. The van der Waals surface area contributed by atoms with E-state index in [2.05, 4.69) is 17.1 Å². The van der Waals surface area contributed by atoms with Gasteiger partial charge in [-0.25, -0.2) is 0 Å². The molecule has 0 aromatic carbocycles. The van der Waals surface area contributed by atoms with Crippen LogP contribution in [0.2, 0.25) is 0 Å². The Balaban J connectivity index is 0.000000771. The second-order valence-electron chi connectivity index (χ2n) is 3.47. The van der Waals surface area contributed by atoms with E-state index in [0.29, 0.717) is 18.4 Å². The molecule has 2 atom stereocenters. The molecule has 0 spiro atoms. The van der Waals surface area contributed by atoms with Crippen LogP contribution in [0.5, 0.6) is 0 Å². The molecule has 3 nitrogen and oxygen atoms in total. The highest BCUT2D eigenvalue weighted by atomic mass is 32.2. The summed E-state index contributed by atoms with van der Waals surface area (Å²) in [7, 11) is 0. The molecule has 2 rings (SSSR count). The van der Waals surface area contributed by atoms with E-state index in [1.165, 1.54) is 0 Å². The normalized spacial score (nSPS) is 24.7. The van der Waals surface area contributed by atoms with Crippen molar-refractivity contribution in [3.8, 4) is 0 Å². The Morgan fingerprint density at radius 3 is 2.94 bits per heavy atom. The maximum Gasteiger partial charge on any atom is 0.125 e. The van der Waals surface area contributed by atoms with Gasteiger partial charge in [0.15, 0.2) is 0 Å². The van der Waals surface area contributed by atoms with Gasteiger partial charge in [-0.15, -0.1) is 0 Å². The first kappa shape index (κ1) is 15.7. The van der Waals surface area contributed by atoms with Crippen LogP contribution in [0.1, 0.15) is 20.8 Å². The van der Waals surface area contributed by atoms with Gasteiger partial charge in [-0.2, -0.15) is 0 Å². The molecule has 18 heavy (non-hydrogen) atoms. The minimum atomic E-state index is 0.287. The topological polar surface area (TPSA) is 47.6 Å². The maximum absolute atomic E-state index is 5.49. The lowest BCUT2D eigenvalue weighted by molar-refractivity contribution is 0.240. The Hall–Kier alpha value is -0.390. The molecule has 1 aliphatic heterocycles. The minimum absolute atomic E-state index is 0.287. The van der Waals surface area contributed by atoms with Gasteiger partial charge in [-0.05, 0) is 19.1 Å². The van der Waals surface area contributed by atoms with Crippen molar-refractivity contribution in [3.05, 3.63) is 24.0 Å².